The number of aromatic nitrogens is 1. The molecular formula is C24H25NO4. The van der Waals surface area contributed by atoms with Crippen molar-refractivity contribution in [2.24, 2.45) is 5.92 Å². The van der Waals surface area contributed by atoms with Gasteiger partial charge in [0.25, 0.3) is 0 Å². The third kappa shape index (κ3) is 4.50. The van der Waals surface area contributed by atoms with Gasteiger partial charge in [-0.2, -0.15) is 0 Å². The van der Waals surface area contributed by atoms with Crippen LogP contribution in [-0.2, 0) is 11.4 Å². The topological polar surface area (TPSA) is 68.4 Å². The van der Waals surface area contributed by atoms with Crippen LogP contribution in [0.5, 0.6) is 11.5 Å². The first-order valence-electron chi connectivity index (χ1n) is 10.1. The van der Waals surface area contributed by atoms with Crippen LogP contribution in [0.2, 0.25) is 0 Å². The van der Waals surface area contributed by atoms with E-state index in [9.17, 15) is 9.59 Å². The molecule has 1 aromatic heterocycles. The summed E-state index contributed by atoms with van der Waals surface area (Å²) in [5, 5.41) is 0.688. The number of hydrogen-bond donors (Lipinski definition) is 1. The van der Waals surface area contributed by atoms with Gasteiger partial charge in [-0.25, -0.2) is 0 Å². The number of fused-ring (bicyclic) bond motifs is 1. The van der Waals surface area contributed by atoms with E-state index in [1.54, 1.807) is 0 Å². The highest BCUT2D eigenvalue weighted by atomic mass is 16.5. The number of benzene rings is 2. The van der Waals surface area contributed by atoms with E-state index >= 15 is 0 Å². The molecule has 4 rings (SSSR count). The van der Waals surface area contributed by atoms with E-state index in [2.05, 4.69) is 4.98 Å². The van der Waals surface area contributed by atoms with Gasteiger partial charge in [0, 0.05) is 35.4 Å². The fourth-order valence-electron chi connectivity index (χ4n) is 3.72. The van der Waals surface area contributed by atoms with Crippen LogP contribution in [0.4, 0.5) is 0 Å². The molecule has 0 spiro atoms. The number of pyridine rings is 1. The summed E-state index contributed by atoms with van der Waals surface area (Å²) in [6, 6.07) is 15.0. The molecule has 0 unspecified atom stereocenters. The molecule has 0 saturated heterocycles. The van der Waals surface area contributed by atoms with Crippen molar-refractivity contribution >= 4 is 16.7 Å². The molecule has 1 aliphatic rings. The lowest BCUT2D eigenvalue weighted by Gasteiger charge is -2.21. The van der Waals surface area contributed by atoms with E-state index in [1.807, 2.05) is 55.5 Å². The average molecular weight is 391 g/mol. The Morgan fingerprint density at radius 2 is 1.69 bits per heavy atom. The number of ketones is 1. The summed E-state index contributed by atoms with van der Waals surface area (Å²) in [4.78, 5) is 27.2. The largest absolute Gasteiger partial charge is 0.493 e. The molecule has 2 aromatic carbocycles. The van der Waals surface area contributed by atoms with Crippen LogP contribution in [0.3, 0.4) is 0 Å². The minimum absolute atomic E-state index is 0.0287. The Bertz CT molecular complexity index is 1080. The van der Waals surface area contributed by atoms with Gasteiger partial charge in [0.05, 0.1) is 12.3 Å². The zero-order valence-electron chi connectivity index (χ0n) is 16.6. The Balaban J connectivity index is 1.41. The molecule has 150 valence electrons. The lowest BCUT2D eigenvalue weighted by Crippen LogP contribution is -2.19. The Labute approximate surface area is 169 Å². The average Bonchev–Trinajstić information content (AvgIpc) is 2.75. The minimum atomic E-state index is 0.0287. The summed E-state index contributed by atoms with van der Waals surface area (Å²) >= 11 is 0. The molecule has 0 bridgehead atoms. The van der Waals surface area contributed by atoms with Gasteiger partial charge in [-0.15, -0.1) is 0 Å². The van der Waals surface area contributed by atoms with Crippen molar-refractivity contribution < 1.29 is 14.3 Å². The van der Waals surface area contributed by atoms with Crippen molar-refractivity contribution in [1.29, 1.82) is 0 Å². The summed E-state index contributed by atoms with van der Waals surface area (Å²) in [6.45, 7) is 2.71. The Morgan fingerprint density at radius 3 is 2.48 bits per heavy atom. The van der Waals surface area contributed by atoms with Crippen LogP contribution in [-0.4, -0.2) is 17.4 Å². The summed E-state index contributed by atoms with van der Waals surface area (Å²) in [6.07, 6.45) is 3.15. The van der Waals surface area contributed by atoms with Crippen molar-refractivity contribution in [2.75, 3.05) is 6.61 Å². The number of H-pyrrole nitrogens is 1. The number of rotatable bonds is 6. The number of ether oxygens (including phenoxy) is 2. The molecule has 5 nitrogen and oxygen atoms in total. The smallest absolute Gasteiger partial charge is 0.192 e. The third-order valence-electron chi connectivity index (χ3n) is 5.59. The quantitative estimate of drug-likeness (QED) is 0.669. The second kappa shape index (κ2) is 8.52. The van der Waals surface area contributed by atoms with Crippen LogP contribution < -0.4 is 14.9 Å². The molecule has 0 amide bonds. The predicted octanol–water partition coefficient (Wildman–Crippen LogP) is 4.55. The first kappa shape index (κ1) is 19.2. The summed E-state index contributed by atoms with van der Waals surface area (Å²) < 4.78 is 11.9. The molecule has 3 aromatic rings. The number of carbonyl (C=O) groups excluding carboxylic acids is 1. The van der Waals surface area contributed by atoms with Crippen LogP contribution in [0.25, 0.3) is 10.9 Å². The minimum Gasteiger partial charge on any atom is -0.493 e. The van der Waals surface area contributed by atoms with Crippen LogP contribution in [0, 0.1) is 12.8 Å². The van der Waals surface area contributed by atoms with Gasteiger partial charge in [0.2, 0.25) is 0 Å². The van der Waals surface area contributed by atoms with E-state index in [-0.39, 0.29) is 12.0 Å². The van der Waals surface area contributed by atoms with Gasteiger partial charge in [-0.3, -0.25) is 9.59 Å². The molecule has 0 atom stereocenters. The van der Waals surface area contributed by atoms with Crippen molar-refractivity contribution in [1.82, 2.24) is 4.98 Å². The van der Waals surface area contributed by atoms with Gasteiger partial charge in [-0.1, -0.05) is 18.2 Å². The standard InChI is InChI=1S/C24H25NO4/c1-16-23(25-22-8-3-2-7-21(22)24(16)27)15-29-20-6-4-5-19(13-20)28-14-17-9-11-18(26)12-10-17/h2-8,13,17H,9-12,14-15H2,1H3,(H,25,27). The number of hydrogen-bond acceptors (Lipinski definition) is 4. The van der Waals surface area contributed by atoms with Gasteiger partial charge in [0.15, 0.2) is 5.43 Å². The van der Waals surface area contributed by atoms with Crippen molar-refractivity contribution in [2.45, 2.75) is 39.2 Å². The van der Waals surface area contributed by atoms with E-state index < -0.39 is 0 Å². The summed E-state index contributed by atoms with van der Waals surface area (Å²) in [7, 11) is 0. The van der Waals surface area contributed by atoms with Gasteiger partial charge < -0.3 is 14.5 Å². The van der Waals surface area contributed by atoms with Gasteiger partial charge >= 0.3 is 0 Å². The van der Waals surface area contributed by atoms with Crippen molar-refractivity contribution in [3.63, 3.8) is 0 Å². The second-order valence-corrected chi connectivity index (χ2v) is 7.66. The van der Waals surface area contributed by atoms with Gasteiger partial charge in [0.1, 0.15) is 23.9 Å². The lowest BCUT2D eigenvalue weighted by molar-refractivity contribution is -0.121. The maximum atomic E-state index is 12.6. The first-order valence-corrected chi connectivity index (χ1v) is 10.1. The molecule has 29 heavy (non-hydrogen) atoms. The molecule has 0 aliphatic heterocycles. The SMILES string of the molecule is Cc1c(COc2cccc(OCC3CCC(=O)CC3)c2)[nH]c2ccccc2c1=O. The molecule has 1 heterocycles. The third-order valence-corrected chi connectivity index (χ3v) is 5.59. The zero-order chi connectivity index (χ0) is 20.2. The number of carbonyl (C=O) groups is 1. The number of nitrogens with one attached hydrogen (secondary N) is 1. The highest BCUT2D eigenvalue weighted by molar-refractivity contribution is 5.79. The van der Waals surface area contributed by atoms with E-state index in [4.69, 9.17) is 9.47 Å². The lowest BCUT2D eigenvalue weighted by atomic mass is 9.89. The normalized spacial score (nSPS) is 14.9. The highest BCUT2D eigenvalue weighted by Crippen LogP contribution is 2.25. The zero-order valence-corrected chi connectivity index (χ0v) is 16.6. The molecule has 0 radical (unpaired) electrons. The molecule has 1 N–H and O–H groups in total. The monoisotopic (exact) mass is 391 g/mol. The van der Waals surface area contributed by atoms with Crippen LogP contribution >= 0.6 is 0 Å². The fourth-order valence-corrected chi connectivity index (χ4v) is 3.72. The number of Topliss-reactive ketones (excluding diaryl/α,β-unsaturated/α-hetero) is 1. The molecular weight excluding hydrogens is 366 g/mol. The molecule has 1 aliphatic carbocycles. The van der Waals surface area contributed by atoms with E-state index in [1.165, 1.54) is 0 Å². The predicted molar refractivity (Wildman–Crippen MR) is 113 cm³/mol. The Kier molecular flexibility index (Phi) is 5.65. The van der Waals surface area contributed by atoms with E-state index in [0.717, 1.165) is 29.8 Å². The van der Waals surface area contributed by atoms with Crippen molar-refractivity contribution in [3.8, 4) is 11.5 Å². The summed E-state index contributed by atoms with van der Waals surface area (Å²) in [5.41, 5.74) is 2.28. The summed E-state index contributed by atoms with van der Waals surface area (Å²) in [5.74, 6) is 2.24. The molecule has 1 saturated carbocycles. The number of aromatic amines is 1. The Hall–Kier alpha value is -3.08. The van der Waals surface area contributed by atoms with E-state index in [0.29, 0.717) is 47.8 Å². The van der Waals surface area contributed by atoms with Crippen LogP contribution in [0.15, 0.2) is 53.3 Å². The highest BCUT2D eigenvalue weighted by Gasteiger charge is 2.19. The van der Waals surface area contributed by atoms with Crippen LogP contribution in [0.1, 0.15) is 36.9 Å². The van der Waals surface area contributed by atoms with Gasteiger partial charge in [-0.05, 0) is 49.9 Å². The fraction of sp³-hybridized carbons (Fsp3) is 0.333. The Morgan fingerprint density at radius 1 is 0.966 bits per heavy atom. The maximum absolute atomic E-state index is 12.6. The first-order chi connectivity index (χ1) is 14.1. The second-order valence-electron chi connectivity index (χ2n) is 7.66. The molecule has 1 fully saturated rings. The molecule has 5 heteroatoms. The maximum Gasteiger partial charge on any atom is 0.192 e. The number of para-hydroxylation sites is 1. The van der Waals surface area contributed by atoms with Crippen molar-refractivity contribution in [3.05, 3.63) is 70.0 Å².